The zero-order valence-electron chi connectivity index (χ0n) is 60.2. The maximum Gasteiger partial charge on any atom is 0.472 e. The number of unbranched alkanes of at least 4 members (excludes halogenated alkanes) is 34. The Bertz CT molecular complexity index is 1820. The lowest BCUT2D eigenvalue weighted by molar-refractivity contribution is -0.161. The topological polar surface area (TPSA) is 237 Å². The van der Waals surface area contributed by atoms with E-state index >= 15 is 0 Å². The molecule has 0 aromatic rings. The summed E-state index contributed by atoms with van der Waals surface area (Å²) in [5.41, 5.74) is 0. The lowest BCUT2D eigenvalue weighted by Crippen LogP contribution is -2.30. The van der Waals surface area contributed by atoms with Crippen LogP contribution in [0.2, 0.25) is 0 Å². The maximum absolute atomic E-state index is 13.0. The molecule has 3 N–H and O–H groups in total. The van der Waals surface area contributed by atoms with Crippen LogP contribution >= 0.6 is 15.6 Å². The first kappa shape index (κ1) is 90.1. The van der Waals surface area contributed by atoms with Crippen LogP contribution in [-0.4, -0.2) is 96.7 Å². The van der Waals surface area contributed by atoms with Gasteiger partial charge in [-0.1, -0.05) is 312 Å². The fourth-order valence-corrected chi connectivity index (χ4v) is 12.5. The molecule has 0 heterocycles. The number of aliphatic hydroxyl groups is 1. The first-order valence-corrected chi connectivity index (χ1v) is 40.8. The normalized spacial score (nSPS) is 14.8. The molecule has 0 saturated carbocycles. The molecule has 92 heavy (non-hydrogen) atoms. The van der Waals surface area contributed by atoms with Crippen LogP contribution < -0.4 is 0 Å². The van der Waals surface area contributed by atoms with Gasteiger partial charge in [0.2, 0.25) is 0 Å². The molecule has 0 bridgehead atoms. The molecular weight excluding hydrogens is 1210 g/mol. The van der Waals surface area contributed by atoms with Gasteiger partial charge in [-0.05, 0) is 49.4 Å². The highest BCUT2D eigenvalue weighted by Gasteiger charge is 2.30. The van der Waals surface area contributed by atoms with Crippen molar-refractivity contribution in [2.45, 2.75) is 382 Å². The van der Waals surface area contributed by atoms with Crippen molar-refractivity contribution in [2.24, 2.45) is 23.7 Å². The van der Waals surface area contributed by atoms with Gasteiger partial charge in [0.25, 0.3) is 0 Å². The Morgan fingerprint density at radius 1 is 0.304 bits per heavy atom. The van der Waals surface area contributed by atoms with E-state index in [1.807, 2.05) is 0 Å². The highest BCUT2D eigenvalue weighted by molar-refractivity contribution is 7.47. The Balaban J connectivity index is 5.21. The lowest BCUT2D eigenvalue weighted by Gasteiger charge is -2.21. The second kappa shape index (κ2) is 62.6. The molecule has 0 saturated heterocycles. The van der Waals surface area contributed by atoms with Crippen molar-refractivity contribution in [2.75, 3.05) is 39.6 Å². The third kappa shape index (κ3) is 64.1. The van der Waals surface area contributed by atoms with E-state index in [0.717, 1.165) is 120 Å². The van der Waals surface area contributed by atoms with Crippen molar-refractivity contribution in [1.29, 1.82) is 0 Å². The first-order valence-electron chi connectivity index (χ1n) is 37.8. The largest absolute Gasteiger partial charge is 0.472 e. The Morgan fingerprint density at radius 3 is 0.772 bits per heavy atom. The van der Waals surface area contributed by atoms with Crippen LogP contribution in [0.5, 0.6) is 0 Å². The molecule has 0 aromatic carbocycles. The monoisotopic (exact) mass is 1350 g/mol. The zero-order chi connectivity index (χ0) is 68.2. The van der Waals surface area contributed by atoms with E-state index in [1.165, 1.54) is 161 Å². The van der Waals surface area contributed by atoms with Crippen LogP contribution in [0.4, 0.5) is 0 Å². The minimum Gasteiger partial charge on any atom is -0.462 e. The van der Waals surface area contributed by atoms with Crippen LogP contribution in [0.15, 0.2) is 0 Å². The van der Waals surface area contributed by atoms with E-state index in [1.54, 1.807) is 0 Å². The third-order valence-electron chi connectivity index (χ3n) is 17.5. The summed E-state index contributed by atoms with van der Waals surface area (Å²) in [7, 11) is -9.91. The van der Waals surface area contributed by atoms with Crippen molar-refractivity contribution in [1.82, 2.24) is 0 Å². The molecule has 0 radical (unpaired) electrons. The molecule has 0 rings (SSSR count). The average molecular weight is 1350 g/mol. The van der Waals surface area contributed by atoms with E-state index in [2.05, 4.69) is 55.4 Å². The number of rotatable bonds is 70. The predicted octanol–water partition coefficient (Wildman–Crippen LogP) is 20.9. The number of hydrogen-bond donors (Lipinski definition) is 3. The molecule has 19 heteroatoms. The van der Waals surface area contributed by atoms with Crippen LogP contribution in [0.1, 0.15) is 364 Å². The smallest absolute Gasteiger partial charge is 0.462 e. The van der Waals surface area contributed by atoms with Gasteiger partial charge in [-0.25, -0.2) is 9.13 Å². The van der Waals surface area contributed by atoms with Gasteiger partial charge in [-0.2, -0.15) is 0 Å². The summed E-state index contributed by atoms with van der Waals surface area (Å²) in [6, 6.07) is 0. The molecular formula is C73H142O17P2. The zero-order valence-corrected chi connectivity index (χ0v) is 62.0. The Morgan fingerprint density at radius 2 is 0.522 bits per heavy atom. The molecule has 0 aliphatic rings. The minimum atomic E-state index is -4.95. The Hall–Kier alpha value is -1.94. The molecule has 17 nitrogen and oxygen atoms in total. The van der Waals surface area contributed by atoms with Crippen molar-refractivity contribution < 1.29 is 80.2 Å². The fourth-order valence-electron chi connectivity index (χ4n) is 11.0. The summed E-state index contributed by atoms with van der Waals surface area (Å²) >= 11 is 0. The summed E-state index contributed by atoms with van der Waals surface area (Å²) in [5.74, 6) is 0.890. The molecule has 7 atom stereocenters. The predicted molar refractivity (Wildman–Crippen MR) is 372 cm³/mol. The summed E-state index contributed by atoms with van der Waals surface area (Å²) < 4.78 is 68.4. The molecule has 546 valence electrons. The van der Waals surface area contributed by atoms with Crippen molar-refractivity contribution in [3.05, 3.63) is 0 Å². The minimum absolute atomic E-state index is 0.102. The number of aliphatic hydroxyl groups excluding tert-OH is 1. The summed E-state index contributed by atoms with van der Waals surface area (Å²) in [6.45, 7) is 14.1. The SMILES string of the molecule is CCC(C)CCCCCCCCC(=O)OC[C@H](COP(=O)(O)OC[C@H](O)COP(=O)(O)OC[C@@H](COC(=O)CCCCCCCCCCCCC(C)C)OC(=O)CCCCCCCCC(C)CC)OC(=O)CCCCCCCCCCCCCCCCCCC(C)C. The Kier molecular flexibility index (Phi) is 61.3. The van der Waals surface area contributed by atoms with Crippen LogP contribution in [-0.2, 0) is 65.4 Å². The number of phosphoric acid groups is 2. The number of hydrogen-bond acceptors (Lipinski definition) is 15. The fraction of sp³-hybridized carbons (Fsp3) is 0.945. The van der Waals surface area contributed by atoms with Crippen molar-refractivity contribution >= 4 is 39.5 Å². The molecule has 0 aliphatic carbocycles. The van der Waals surface area contributed by atoms with Gasteiger partial charge < -0.3 is 33.8 Å². The van der Waals surface area contributed by atoms with Crippen LogP contribution in [0, 0.1) is 23.7 Å². The van der Waals surface area contributed by atoms with Gasteiger partial charge >= 0.3 is 39.5 Å². The molecule has 4 unspecified atom stereocenters. The highest BCUT2D eigenvalue weighted by atomic mass is 31.2. The molecule has 0 fully saturated rings. The number of esters is 4. The standard InChI is InChI=1S/C73H142O17P2/c1-9-65(7)51-43-35-29-31-38-46-54-71(76)84-60-68(89-72(77)55-47-39-28-24-18-16-14-12-11-13-15-17-21-25-33-41-49-63(3)4)61-87-91(79,80)85-57-67(74)58-86-92(81,82)88-62-69(90-73(78)56-48-40-32-30-36-44-52-66(8)10-2)59-83-70(75)53-45-37-27-23-20-19-22-26-34-42-50-64(5)6/h63-69,74H,9-62H2,1-8H3,(H,79,80)(H,81,82)/t65?,66?,67-,68+,69+/m0/s1. The van der Waals surface area contributed by atoms with Gasteiger partial charge in [0.15, 0.2) is 12.2 Å². The first-order chi connectivity index (χ1) is 44.2. The van der Waals surface area contributed by atoms with Gasteiger partial charge in [-0.3, -0.25) is 37.3 Å². The van der Waals surface area contributed by atoms with E-state index in [9.17, 15) is 43.2 Å². The lowest BCUT2D eigenvalue weighted by atomic mass is 10.00. The quantitative estimate of drug-likeness (QED) is 0.0222. The summed E-state index contributed by atoms with van der Waals surface area (Å²) in [4.78, 5) is 72.6. The average Bonchev–Trinajstić information content (AvgIpc) is 1.73. The third-order valence-corrected chi connectivity index (χ3v) is 19.4. The Labute approximate surface area is 562 Å². The van der Waals surface area contributed by atoms with E-state index < -0.39 is 97.5 Å². The maximum atomic E-state index is 13.0. The number of phosphoric ester groups is 2. The summed E-state index contributed by atoms with van der Waals surface area (Å²) in [6.07, 6.45) is 45.9. The number of ether oxygens (including phenoxy) is 4. The van der Waals surface area contributed by atoms with Crippen molar-refractivity contribution in [3.8, 4) is 0 Å². The second-order valence-corrected chi connectivity index (χ2v) is 30.7. The van der Waals surface area contributed by atoms with Crippen LogP contribution in [0.25, 0.3) is 0 Å². The summed E-state index contributed by atoms with van der Waals surface area (Å²) in [5, 5.41) is 10.6. The van der Waals surface area contributed by atoms with Crippen LogP contribution in [0.3, 0.4) is 0 Å². The van der Waals surface area contributed by atoms with E-state index in [4.69, 9.17) is 37.0 Å². The van der Waals surface area contributed by atoms with E-state index in [0.29, 0.717) is 25.7 Å². The highest BCUT2D eigenvalue weighted by Crippen LogP contribution is 2.45. The van der Waals surface area contributed by atoms with E-state index in [-0.39, 0.29) is 25.7 Å². The van der Waals surface area contributed by atoms with Gasteiger partial charge in [-0.15, -0.1) is 0 Å². The molecule has 0 amide bonds. The van der Waals surface area contributed by atoms with Gasteiger partial charge in [0.1, 0.15) is 19.3 Å². The van der Waals surface area contributed by atoms with Crippen molar-refractivity contribution in [3.63, 3.8) is 0 Å². The van der Waals surface area contributed by atoms with Gasteiger partial charge in [0, 0.05) is 25.7 Å². The van der Waals surface area contributed by atoms with Gasteiger partial charge in [0.05, 0.1) is 26.4 Å². The second-order valence-electron chi connectivity index (χ2n) is 27.8. The molecule has 0 spiro atoms. The number of carbonyl (C=O) groups excluding carboxylic acids is 4. The molecule has 0 aromatic heterocycles. The molecule has 0 aliphatic heterocycles. The number of carbonyl (C=O) groups is 4.